The van der Waals surface area contributed by atoms with E-state index in [1.807, 2.05) is 6.92 Å². The van der Waals surface area contributed by atoms with Crippen molar-refractivity contribution in [2.45, 2.75) is 51.2 Å². The fraction of sp³-hybridized carbons (Fsp3) is 0.846. The summed E-state index contributed by atoms with van der Waals surface area (Å²) in [6.45, 7) is 3.20. The Kier molecular flexibility index (Phi) is 7.43. The van der Waals surface area contributed by atoms with E-state index >= 15 is 0 Å². The Labute approximate surface area is 113 Å². The standard InChI is InChI=1S/C13H23NO5/c1-2-3-4-11(13(16)17)14-12(15)9-19-10-5-7-18-8-6-10/h10-11H,2-9H2,1H3,(H,14,15)(H,16,17). The summed E-state index contributed by atoms with van der Waals surface area (Å²) in [4.78, 5) is 22.6. The first-order chi connectivity index (χ1) is 9.13. The van der Waals surface area contributed by atoms with E-state index in [0.717, 1.165) is 25.7 Å². The molecule has 1 rings (SSSR count). The van der Waals surface area contributed by atoms with Crippen molar-refractivity contribution in [1.29, 1.82) is 0 Å². The van der Waals surface area contributed by atoms with Gasteiger partial charge in [0, 0.05) is 13.2 Å². The maximum atomic E-state index is 11.6. The van der Waals surface area contributed by atoms with Crippen LogP contribution in [0.15, 0.2) is 0 Å². The number of carboxylic acids is 1. The number of ether oxygens (including phenoxy) is 2. The molecule has 0 aromatic rings. The summed E-state index contributed by atoms with van der Waals surface area (Å²) in [5.41, 5.74) is 0. The van der Waals surface area contributed by atoms with Crippen LogP contribution >= 0.6 is 0 Å². The van der Waals surface area contributed by atoms with E-state index in [0.29, 0.717) is 19.6 Å². The van der Waals surface area contributed by atoms with Crippen LogP contribution in [0.1, 0.15) is 39.0 Å². The van der Waals surface area contributed by atoms with Crippen molar-refractivity contribution in [3.63, 3.8) is 0 Å². The summed E-state index contributed by atoms with van der Waals surface area (Å²) < 4.78 is 10.6. The molecular weight excluding hydrogens is 250 g/mol. The largest absolute Gasteiger partial charge is 0.480 e. The minimum absolute atomic E-state index is 0.0402. The minimum atomic E-state index is -0.993. The normalized spacial score (nSPS) is 17.9. The van der Waals surface area contributed by atoms with E-state index in [9.17, 15) is 9.59 Å². The molecule has 1 saturated heterocycles. The average molecular weight is 273 g/mol. The second kappa shape index (κ2) is 8.87. The molecule has 0 bridgehead atoms. The molecule has 0 aromatic carbocycles. The molecule has 2 N–H and O–H groups in total. The molecule has 110 valence electrons. The van der Waals surface area contributed by atoms with Gasteiger partial charge in [0.25, 0.3) is 0 Å². The van der Waals surface area contributed by atoms with Crippen molar-refractivity contribution in [1.82, 2.24) is 5.32 Å². The van der Waals surface area contributed by atoms with Gasteiger partial charge in [-0.15, -0.1) is 0 Å². The fourth-order valence-corrected chi connectivity index (χ4v) is 1.94. The maximum absolute atomic E-state index is 11.6. The van der Waals surface area contributed by atoms with Crippen molar-refractivity contribution < 1.29 is 24.2 Å². The van der Waals surface area contributed by atoms with Crippen LogP contribution < -0.4 is 5.32 Å². The predicted octanol–water partition coefficient (Wildman–Crippen LogP) is 0.942. The number of carboxylic acid groups (broad SMARTS) is 1. The third-order valence-electron chi connectivity index (χ3n) is 3.10. The fourth-order valence-electron chi connectivity index (χ4n) is 1.94. The lowest BCUT2D eigenvalue weighted by Gasteiger charge is -2.22. The molecule has 6 heteroatoms. The molecule has 1 aliphatic heterocycles. The van der Waals surface area contributed by atoms with E-state index in [4.69, 9.17) is 14.6 Å². The second-order valence-electron chi connectivity index (χ2n) is 4.72. The van der Waals surface area contributed by atoms with Gasteiger partial charge in [0.15, 0.2) is 0 Å². The van der Waals surface area contributed by atoms with Crippen molar-refractivity contribution in [3.05, 3.63) is 0 Å². The lowest BCUT2D eigenvalue weighted by Crippen LogP contribution is -2.43. The lowest BCUT2D eigenvalue weighted by atomic mass is 10.1. The Balaban J connectivity index is 2.25. The smallest absolute Gasteiger partial charge is 0.326 e. The van der Waals surface area contributed by atoms with Crippen LogP contribution in [0.2, 0.25) is 0 Å². The number of aliphatic carboxylic acids is 1. The molecule has 0 spiro atoms. The monoisotopic (exact) mass is 273 g/mol. The molecule has 1 heterocycles. The van der Waals surface area contributed by atoms with Crippen LogP contribution in [0.4, 0.5) is 0 Å². The van der Waals surface area contributed by atoms with Crippen molar-refractivity contribution in [3.8, 4) is 0 Å². The second-order valence-corrected chi connectivity index (χ2v) is 4.72. The number of amides is 1. The summed E-state index contributed by atoms with van der Waals surface area (Å²) >= 11 is 0. The summed E-state index contributed by atoms with van der Waals surface area (Å²) in [6, 6.07) is -0.814. The van der Waals surface area contributed by atoms with Gasteiger partial charge in [-0.05, 0) is 19.3 Å². The Morgan fingerprint density at radius 1 is 1.42 bits per heavy atom. The number of carbonyl (C=O) groups excluding carboxylic acids is 1. The topological polar surface area (TPSA) is 84.9 Å². The van der Waals surface area contributed by atoms with Crippen LogP contribution in [0.5, 0.6) is 0 Å². The van der Waals surface area contributed by atoms with Gasteiger partial charge in [-0.1, -0.05) is 19.8 Å². The van der Waals surface area contributed by atoms with E-state index in [1.165, 1.54) is 0 Å². The van der Waals surface area contributed by atoms with Crippen LogP contribution in [-0.4, -0.2) is 48.9 Å². The molecule has 1 unspecified atom stereocenters. The van der Waals surface area contributed by atoms with Crippen LogP contribution in [-0.2, 0) is 19.1 Å². The maximum Gasteiger partial charge on any atom is 0.326 e. The minimum Gasteiger partial charge on any atom is -0.480 e. The Bertz CT molecular complexity index is 289. The molecule has 0 aliphatic carbocycles. The summed E-state index contributed by atoms with van der Waals surface area (Å²) in [6.07, 6.45) is 3.74. The highest BCUT2D eigenvalue weighted by atomic mass is 16.5. The third-order valence-corrected chi connectivity index (χ3v) is 3.10. The molecule has 1 aliphatic rings. The van der Waals surface area contributed by atoms with Crippen LogP contribution in [0.3, 0.4) is 0 Å². The highest BCUT2D eigenvalue weighted by Crippen LogP contribution is 2.10. The molecule has 0 aromatic heterocycles. The molecular formula is C13H23NO5. The van der Waals surface area contributed by atoms with Gasteiger partial charge >= 0.3 is 5.97 Å². The Hall–Kier alpha value is -1.14. The first kappa shape index (κ1) is 15.9. The van der Waals surface area contributed by atoms with Crippen molar-refractivity contribution >= 4 is 11.9 Å². The molecule has 0 radical (unpaired) electrons. The number of hydrogen-bond acceptors (Lipinski definition) is 4. The highest BCUT2D eigenvalue weighted by Gasteiger charge is 2.20. The summed E-state index contributed by atoms with van der Waals surface area (Å²) in [5.74, 6) is -1.36. The summed E-state index contributed by atoms with van der Waals surface area (Å²) in [7, 11) is 0. The molecule has 0 saturated carbocycles. The van der Waals surface area contributed by atoms with Crippen LogP contribution in [0.25, 0.3) is 0 Å². The van der Waals surface area contributed by atoms with Crippen molar-refractivity contribution in [2.24, 2.45) is 0 Å². The molecule has 19 heavy (non-hydrogen) atoms. The van der Waals surface area contributed by atoms with Gasteiger partial charge in [0.05, 0.1) is 6.10 Å². The molecule has 6 nitrogen and oxygen atoms in total. The Morgan fingerprint density at radius 3 is 2.68 bits per heavy atom. The number of nitrogens with one attached hydrogen (secondary N) is 1. The zero-order valence-electron chi connectivity index (χ0n) is 11.4. The van der Waals surface area contributed by atoms with E-state index in [1.54, 1.807) is 0 Å². The number of unbranched alkanes of at least 4 members (excludes halogenated alkanes) is 1. The zero-order valence-corrected chi connectivity index (χ0v) is 11.4. The lowest BCUT2D eigenvalue weighted by molar-refractivity contribution is -0.143. The average Bonchev–Trinajstić information content (AvgIpc) is 2.42. The first-order valence-electron chi connectivity index (χ1n) is 6.85. The molecule has 1 amide bonds. The third kappa shape index (κ3) is 6.54. The van der Waals surface area contributed by atoms with E-state index in [-0.39, 0.29) is 18.6 Å². The van der Waals surface area contributed by atoms with Gasteiger partial charge in [0.1, 0.15) is 12.6 Å². The SMILES string of the molecule is CCCCC(NC(=O)COC1CCOCC1)C(=O)O. The zero-order chi connectivity index (χ0) is 14.1. The van der Waals surface area contributed by atoms with Gasteiger partial charge in [-0.3, -0.25) is 4.79 Å². The number of carbonyl (C=O) groups is 2. The predicted molar refractivity (Wildman–Crippen MR) is 68.9 cm³/mol. The van der Waals surface area contributed by atoms with E-state index in [2.05, 4.69) is 5.32 Å². The van der Waals surface area contributed by atoms with Crippen molar-refractivity contribution in [2.75, 3.05) is 19.8 Å². The van der Waals surface area contributed by atoms with Gasteiger partial charge in [-0.25, -0.2) is 4.79 Å². The number of rotatable bonds is 8. The quantitative estimate of drug-likeness (QED) is 0.687. The summed E-state index contributed by atoms with van der Waals surface area (Å²) in [5, 5.41) is 11.5. The van der Waals surface area contributed by atoms with Gasteiger partial charge < -0.3 is 19.9 Å². The van der Waals surface area contributed by atoms with Gasteiger partial charge in [0.2, 0.25) is 5.91 Å². The number of hydrogen-bond donors (Lipinski definition) is 2. The Morgan fingerprint density at radius 2 is 2.11 bits per heavy atom. The first-order valence-corrected chi connectivity index (χ1v) is 6.85. The van der Waals surface area contributed by atoms with Gasteiger partial charge in [-0.2, -0.15) is 0 Å². The molecule has 1 atom stereocenters. The van der Waals surface area contributed by atoms with E-state index < -0.39 is 12.0 Å². The van der Waals surface area contributed by atoms with Crippen LogP contribution in [0, 0.1) is 0 Å². The molecule has 1 fully saturated rings. The highest BCUT2D eigenvalue weighted by molar-refractivity contribution is 5.84.